The van der Waals surface area contributed by atoms with Gasteiger partial charge in [0.15, 0.2) is 0 Å². The summed E-state index contributed by atoms with van der Waals surface area (Å²) in [5, 5.41) is 9.76. The van der Waals surface area contributed by atoms with E-state index in [1.54, 1.807) is 17.7 Å². The van der Waals surface area contributed by atoms with E-state index in [4.69, 9.17) is 0 Å². The van der Waals surface area contributed by atoms with Gasteiger partial charge in [-0.1, -0.05) is 0 Å². The van der Waals surface area contributed by atoms with Crippen LogP contribution in [0.25, 0.3) is 10.2 Å². The lowest BCUT2D eigenvalue weighted by atomic mass is 10.3. The summed E-state index contributed by atoms with van der Waals surface area (Å²) in [7, 11) is 0. The first-order chi connectivity index (χ1) is 9.22. The average Bonchev–Trinajstić information content (AvgIpc) is 2.98. The topological polar surface area (TPSA) is 55.6 Å². The SMILES string of the molecule is Cc1cnn(CC(C)Nc2ncnc3ccsc23)c1. The number of rotatable bonds is 4. The van der Waals surface area contributed by atoms with Gasteiger partial charge in [-0.25, -0.2) is 9.97 Å². The molecule has 19 heavy (non-hydrogen) atoms. The molecule has 0 aliphatic rings. The van der Waals surface area contributed by atoms with Crippen molar-refractivity contribution in [3.8, 4) is 0 Å². The van der Waals surface area contributed by atoms with Gasteiger partial charge in [-0.05, 0) is 30.9 Å². The molecule has 0 bridgehead atoms. The average molecular weight is 273 g/mol. The number of aromatic nitrogens is 4. The number of nitrogens with zero attached hydrogens (tertiary/aromatic N) is 4. The van der Waals surface area contributed by atoms with Gasteiger partial charge in [0.1, 0.15) is 12.1 Å². The lowest BCUT2D eigenvalue weighted by Gasteiger charge is -2.14. The molecule has 0 fully saturated rings. The molecule has 5 nitrogen and oxygen atoms in total. The fourth-order valence-electron chi connectivity index (χ4n) is 2.02. The van der Waals surface area contributed by atoms with Crippen LogP contribution >= 0.6 is 11.3 Å². The Hall–Kier alpha value is -1.95. The molecule has 3 rings (SSSR count). The molecule has 0 saturated carbocycles. The molecule has 1 atom stereocenters. The summed E-state index contributed by atoms with van der Waals surface area (Å²) < 4.78 is 3.05. The van der Waals surface area contributed by atoms with Crippen LogP contribution in [-0.2, 0) is 6.54 Å². The second-order valence-electron chi connectivity index (χ2n) is 4.64. The van der Waals surface area contributed by atoms with Crippen LogP contribution in [0.1, 0.15) is 12.5 Å². The van der Waals surface area contributed by atoms with Crippen molar-refractivity contribution in [2.24, 2.45) is 0 Å². The van der Waals surface area contributed by atoms with E-state index in [2.05, 4.69) is 27.3 Å². The van der Waals surface area contributed by atoms with E-state index in [-0.39, 0.29) is 6.04 Å². The Morgan fingerprint density at radius 2 is 2.32 bits per heavy atom. The molecule has 3 aromatic heterocycles. The summed E-state index contributed by atoms with van der Waals surface area (Å²) in [6.07, 6.45) is 5.51. The molecule has 0 aliphatic carbocycles. The van der Waals surface area contributed by atoms with E-state index in [1.165, 1.54) is 5.56 Å². The predicted octanol–water partition coefficient (Wildman–Crippen LogP) is 2.70. The zero-order chi connectivity index (χ0) is 13.2. The van der Waals surface area contributed by atoms with Crippen molar-refractivity contribution in [2.45, 2.75) is 26.4 Å². The first-order valence-electron chi connectivity index (χ1n) is 6.16. The Bertz CT molecular complexity index is 687. The standard InChI is InChI=1S/C13H15N5S/c1-9-5-16-18(6-9)7-10(2)17-13-12-11(3-4-19-12)14-8-15-13/h3-6,8,10H,7H2,1-2H3,(H,14,15,17). The van der Waals surface area contributed by atoms with E-state index in [0.29, 0.717) is 0 Å². The van der Waals surface area contributed by atoms with Crippen LogP contribution in [0.15, 0.2) is 30.2 Å². The van der Waals surface area contributed by atoms with Crippen molar-refractivity contribution in [1.82, 2.24) is 19.7 Å². The van der Waals surface area contributed by atoms with Crippen LogP contribution in [0, 0.1) is 6.92 Å². The molecule has 0 radical (unpaired) electrons. The van der Waals surface area contributed by atoms with Crippen molar-refractivity contribution >= 4 is 27.4 Å². The number of anilines is 1. The lowest BCUT2D eigenvalue weighted by molar-refractivity contribution is 0.560. The minimum atomic E-state index is 0.250. The maximum atomic E-state index is 4.32. The second kappa shape index (κ2) is 4.97. The molecular weight excluding hydrogens is 258 g/mol. The van der Waals surface area contributed by atoms with Gasteiger partial charge in [0.05, 0.1) is 23.0 Å². The highest BCUT2D eigenvalue weighted by molar-refractivity contribution is 7.17. The van der Waals surface area contributed by atoms with Crippen molar-refractivity contribution in [2.75, 3.05) is 5.32 Å². The van der Waals surface area contributed by atoms with Gasteiger partial charge >= 0.3 is 0 Å². The normalized spacial score (nSPS) is 12.7. The fourth-order valence-corrected chi connectivity index (χ4v) is 2.82. The molecule has 0 aliphatic heterocycles. The van der Waals surface area contributed by atoms with Gasteiger partial charge < -0.3 is 5.32 Å². The van der Waals surface area contributed by atoms with Crippen molar-refractivity contribution < 1.29 is 0 Å². The smallest absolute Gasteiger partial charge is 0.147 e. The van der Waals surface area contributed by atoms with E-state index >= 15 is 0 Å². The van der Waals surface area contributed by atoms with Gasteiger partial charge in [0.25, 0.3) is 0 Å². The Labute approximate surface area is 115 Å². The first-order valence-corrected chi connectivity index (χ1v) is 7.04. The van der Waals surface area contributed by atoms with Crippen LogP contribution < -0.4 is 5.32 Å². The maximum absolute atomic E-state index is 4.32. The minimum absolute atomic E-state index is 0.250. The molecule has 0 aromatic carbocycles. The zero-order valence-electron chi connectivity index (χ0n) is 10.9. The largest absolute Gasteiger partial charge is 0.364 e. The van der Waals surface area contributed by atoms with Gasteiger partial charge in [-0.3, -0.25) is 4.68 Å². The molecule has 0 saturated heterocycles. The van der Waals surface area contributed by atoms with E-state index < -0.39 is 0 Å². The lowest BCUT2D eigenvalue weighted by Crippen LogP contribution is -2.22. The predicted molar refractivity (Wildman–Crippen MR) is 77.5 cm³/mol. The molecule has 1 unspecified atom stereocenters. The monoisotopic (exact) mass is 273 g/mol. The summed E-state index contributed by atoms with van der Waals surface area (Å²) in [5.74, 6) is 0.899. The summed E-state index contributed by atoms with van der Waals surface area (Å²) in [4.78, 5) is 8.56. The van der Waals surface area contributed by atoms with Crippen LogP contribution in [-0.4, -0.2) is 25.8 Å². The highest BCUT2D eigenvalue weighted by atomic mass is 32.1. The molecule has 98 valence electrons. The minimum Gasteiger partial charge on any atom is -0.364 e. The zero-order valence-corrected chi connectivity index (χ0v) is 11.7. The third kappa shape index (κ3) is 2.58. The first kappa shape index (κ1) is 12.1. The van der Waals surface area contributed by atoms with Crippen LogP contribution in [0.5, 0.6) is 0 Å². The third-order valence-electron chi connectivity index (χ3n) is 2.85. The highest BCUT2D eigenvalue weighted by Crippen LogP contribution is 2.25. The molecule has 1 N–H and O–H groups in total. The van der Waals surface area contributed by atoms with Crippen molar-refractivity contribution in [3.63, 3.8) is 0 Å². The molecule has 0 spiro atoms. The van der Waals surface area contributed by atoms with Crippen LogP contribution in [0.3, 0.4) is 0 Å². The molecule has 0 amide bonds. The Morgan fingerprint density at radius 1 is 1.42 bits per heavy atom. The van der Waals surface area contributed by atoms with Crippen molar-refractivity contribution in [1.29, 1.82) is 0 Å². The van der Waals surface area contributed by atoms with Crippen LogP contribution in [0.4, 0.5) is 5.82 Å². The van der Waals surface area contributed by atoms with Gasteiger partial charge in [0.2, 0.25) is 0 Å². The van der Waals surface area contributed by atoms with E-state index in [1.807, 2.05) is 35.4 Å². The number of hydrogen-bond donors (Lipinski definition) is 1. The summed E-state index contributed by atoms with van der Waals surface area (Å²) in [6.45, 7) is 4.98. The third-order valence-corrected chi connectivity index (χ3v) is 3.76. The van der Waals surface area contributed by atoms with Gasteiger partial charge in [-0.2, -0.15) is 5.10 Å². The maximum Gasteiger partial charge on any atom is 0.147 e. The van der Waals surface area contributed by atoms with E-state index in [9.17, 15) is 0 Å². The van der Waals surface area contributed by atoms with E-state index in [0.717, 1.165) is 22.6 Å². The molecule has 3 aromatic rings. The number of aryl methyl sites for hydroxylation is 1. The van der Waals surface area contributed by atoms with Gasteiger partial charge in [0, 0.05) is 12.2 Å². The Morgan fingerprint density at radius 3 is 3.11 bits per heavy atom. The van der Waals surface area contributed by atoms with Crippen LogP contribution in [0.2, 0.25) is 0 Å². The Balaban J connectivity index is 1.75. The number of fused-ring (bicyclic) bond motifs is 1. The second-order valence-corrected chi connectivity index (χ2v) is 5.56. The fraction of sp³-hybridized carbons (Fsp3) is 0.308. The molecular formula is C13H15N5S. The Kier molecular flexibility index (Phi) is 3.16. The number of thiophene rings is 1. The molecule has 6 heteroatoms. The summed E-state index contributed by atoms with van der Waals surface area (Å²) >= 11 is 1.66. The highest BCUT2D eigenvalue weighted by Gasteiger charge is 2.09. The quantitative estimate of drug-likeness (QED) is 0.794. The summed E-state index contributed by atoms with van der Waals surface area (Å²) in [5.41, 5.74) is 2.17. The number of hydrogen-bond acceptors (Lipinski definition) is 5. The molecule has 3 heterocycles. The van der Waals surface area contributed by atoms with Gasteiger partial charge in [-0.15, -0.1) is 11.3 Å². The van der Waals surface area contributed by atoms with Crippen molar-refractivity contribution in [3.05, 3.63) is 35.7 Å². The summed E-state index contributed by atoms with van der Waals surface area (Å²) in [6, 6.07) is 2.26. The number of nitrogens with one attached hydrogen (secondary N) is 1.